The van der Waals surface area contributed by atoms with Crippen molar-refractivity contribution in [2.45, 2.75) is 58.8 Å². The van der Waals surface area contributed by atoms with E-state index in [9.17, 15) is 4.79 Å². The molecule has 1 saturated carbocycles. The van der Waals surface area contributed by atoms with Crippen molar-refractivity contribution in [2.24, 2.45) is 16.3 Å². The molecule has 130 valence electrons. The van der Waals surface area contributed by atoms with Gasteiger partial charge < -0.3 is 10.0 Å². The van der Waals surface area contributed by atoms with Crippen molar-refractivity contribution in [3.05, 3.63) is 12.7 Å². The van der Waals surface area contributed by atoms with Gasteiger partial charge in [-0.25, -0.2) is 4.99 Å². The van der Waals surface area contributed by atoms with E-state index in [4.69, 9.17) is 10.5 Å². The maximum atomic E-state index is 10.8. The zero-order chi connectivity index (χ0) is 17.3. The zero-order valence-corrected chi connectivity index (χ0v) is 14.6. The first-order valence-electron chi connectivity index (χ1n) is 8.74. The number of nitrogens with one attached hydrogen (secondary N) is 1. The zero-order valence-electron chi connectivity index (χ0n) is 14.6. The third kappa shape index (κ3) is 5.48. The SMILES string of the molecule is C=CC(=NC=N)N1CCC2(CCC(CC(=O)O)CC2)CC1.CC. The van der Waals surface area contributed by atoms with Crippen LogP contribution in [0.25, 0.3) is 0 Å². The summed E-state index contributed by atoms with van der Waals surface area (Å²) in [6.07, 6.45) is 9.80. The molecule has 2 rings (SSSR count). The van der Waals surface area contributed by atoms with Crippen LogP contribution in [0.5, 0.6) is 0 Å². The smallest absolute Gasteiger partial charge is 0.303 e. The molecule has 1 aliphatic heterocycles. The molecule has 0 aromatic rings. The Morgan fingerprint density at radius 3 is 2.30 bits per heavy atom. The summed E-state index contributed by atoms with van der Waals surface area (Å²) in [5, 5.41) is 16.0. The van der Waals surface area contributed by atoms with Crippen molar-refractivity contribution in [2.75, 3.05) is 13.1 Å². The first-order valence-corrected chi connectivity index (χ1v) is 8.74. The normalized spacial score (nSPS) is 21.3. The number of carboxylic acids is 1. The molecule has 2 aliphatic rings. The number of hydrogen-bond acceptors (Lipinski definition) is 2. The first kappa shape index (κ1) is 19.4. The van der Waals surface area contributed by atoms with Gasteiger partial charge in [0.25, 0.3) is 0 Å². The summed E-state index contributed by atoms with van der Waals surface area (Å²) in [5.41, 5.74) is 0.405. The minimum atomic E-state index is -0.663. The van der Waals surface area contributed by atoms with Gasteiger partial charge in [-0.1, -0.05) is 20.4 Å². The number of amidine groups is 1. The second kappa shape index (κ2) is 9.48. The third-order valence-corrected chi connectivity index (χ3v) is 5.16. The van der Waals surface area contributed by atoms with Gasteiger partial charge in [-0.15, -0.1) is 0 Å². The number of nitrogens with zero attached hydrogens (tertiary/aromatic N) is 2. The summed E-state index contributed by atoms with van der Waals surface area (Å²) in [4.78, 5) is 17.0. The molecule has 23 heavy (non-hydrogen) atoms. The molecule has 0 bridgehead atoms. The molecule has 1 aliphatic carbocycles. The van der Waals surface area contributed by atoms with Crippen LogP contribution in [-0.4, -0.2) is 41.2 Å². The van der Waals surface area contributed by atoms with Gasteiger partial charge in [-0.3, -0.25) is 10.2 Å². The number of rotatable bonds is 4. The predicted octanol–water partition coefficient (Wildman–Crippen LogP) is 3.95. The van der Waals surface area contributed by atoms with Gasteiger partial charge in [0, 0.05) is 19.5 Å². The van der Waals surface area contributed by atoms with E-state index < -0.39 is 5.97 Å². The van der Waals surface area contributed by atoms with E-state index >= 15 is 0 Å². The number of hydrogen-bond donors (Lipinski definition) is 2. The molecule has 2 N–H and O–H groups in total. The van der Waals surface area contributed by atoms with Crippen molar-refractivity contribution in [1.29, 1.82) is 5.41 Å². The van der Waals surface area contributed by atoms with Gasteiger partial charge in [-0.2, -0.15) is 0 Å². The summed E-state index contributed by atoms with van der Waals surface area (Å²) in [6, 6.07) is 0. The maximum Gasteiger partial charge on any atom is 0.303 e. The Balaban J connectivity index is 0.00000127. The van der Waals surface area contributed by atoms with Gasteiger partial charge in [0.05, 0.1) is 0 Å². The fourth-order valence-corrected chi connectivity index (χ4v) is 3.78. The molecular weight excluding hydrogens is 290 g/mol. The largest absolute Gasteiger partial charge is 0.481 e. The van der Waals surface area contributed by atoms with Crippen molar-refractivity contribution in [3.8, 4) is 0 Å². The Morgan fingerprint density at radius 1 is 1.30 bits per heavy atom. The molecule has 0 atom stereocenters. The number of piperidine rings is 1. The van der Waals surface area contributed by atoms with Crippen LogP contribution < -0.4 is 0 Å². The molecule has 1 heterocycles. The van der Waals surface area contributed by atoms with Gasteiger partial charge in [0.1, 0.15) is 12.2 Å². The van der Waals surface area contributed by atoms with Crippen LogP contribution in [0.3, 0.4) is 0 Å². The Morgan fingerprint density at radius 2 is 1.87 bits per heavy atom. The van der Waals surface area contributed by atoms with Crippen LogP contribution in [0.2, 0.25) is 0 Å². The molecule has 5 heteroatoms. The molecule has 2 fully saturated rings. The van der Waals surface area contributed by atoms with Gasteiger partial charge in [0.2, 0.25) is 0 Å². The molecule has 0 aromatic heterocycles. The molecule has 1 spiro atoms. The molecule has 0 aromatic carbocycles. The number of aliphatic imine (C=N–C) groups is 1. The average Bonchev–Trinajstić information content (AvgIpc) is 2.57. The minimum Gasteiger partial charge on any atom is -0.481 e. The highest BCUT2D eigenvalue weighted by Gasteiger charge is 2.38. The van der Waals surface area contributed by atoms with Crippen LogP contribution in [0.15, 0.2) is 17.6 Å². The predicted molar refractivity (Wildman–Crippen MR) is 95.2 cm³/mol. The molecule has 5 nitrogen and oxygen atoms in total. The fourth-order valence-electron chi connectivity index (χ4n) is 3.78. The van der Waals surface area contributed by atoms with E-state index in [0.29, 0.717) is 17.8 Å². The van der Waals surface area contributed by atoms with Crippen LogP contribution in [0.1, 0.15) is 58.8 Å². The van der Waals surface area contributed by atoms with Gasteiger partial charge in [-0.05, 0) is 55.9 Å². The van der Waals surface area contributed by atoms with E-state index in [-0.39, 0.29) is 0 Å². The van der Waals surface area contributed by atoms with E-state index in [1.165, 1.54) is 0 Å². The number of aliphatic carboxylic acids is 1. The fraction of sp³-hybridized carbons (Fsp3) is 0.722. The van der Waals surface area contributed by atoms with E-state index in [0.717, 1.165) is 63.8 Å². The average molecular weight is 321 g/mol. The van der Waals surface area contributed by atoms with E-state index in [1.807, 2.05) is 13.8 Å². The van der Waals surface area contributed by atoms with Gasteiger partial charge >= 0.3 is 5.97 Å². The number of likely N-dealkylation sites (tertiary alicyclic amines) is 1. The monoisotopic (exact) mass is 321 g/mol. The highest BCUT2D eigenvalue weighted by molar-refractivity contribution is 5.96. The quantitative estimate of drug-likeness (QED) is 0.608. The van der Waals surface area contributed by atoms with Crippen molar-refractivity contribution >= 4 is 18.1 Å². The Bertz CT molecular complexity index is 428. The van der Waals surface area contributed by atoms with Crippen molar-refractivity contribution in [3.63, 3.8) is 0 Å². The molecule has 0 amide bonds. The lowest BCUT2D eigenvalue weighted by Crippen LogP contribution is -2.44. The summed E-state index contributed by atoms with van der Waals surface area (Å²) < 4.78 is 0. The first-order chi connectivity index (χ1) is 11.1. The van der Waals surface area contributed by atoms with E-state index in [1.54, 1.807) is 6.08 Å². The highest BCUT2D eigenvalue weighted by Crippen LogP contribution is 2.46. The van der Waals surface area contributed by atoms with E-state index in [2.05, 4.69) is 16.5 Å². The summed E-state index contributed by atoms with van der Waals surface area (Å²) in [6.45, 7) is 9.69. The Hall–Kier alpha value is -1.65. The van der Waals surface area contributed by atoms with Crippen LogP contribution >= 0.6 is 0 Å². The summed E-state index contributed by atoms with van der Waals surface area (Å²) >= 11 is 0. The lowest BCUT2D eigenvalue weighted by molar-refractivity contribution is -0.138. The lowest BCUT2D eigenvalue weighted by atomic mass is 9.65. The number of carboxylic acid groups (broad SMARTS) is 1. The van der Waals surface area contributed by atoms with Gasteiger partial charge in [0.15, 0.2) is 0 Å². The third-order valence-electron chi connectivity index (χ3n) is 5.16. The van der Waals surface area contributed by atoms with Crippen LogP contribution in [0.4, 0.5) is 0 Å². The molecule has 0 radical (unpaired) electrons. The van der Waals surface area contributed by atoms with Crippen LogP contribution in [0, 0.1) is 16.7 Å². The molecule has 1 saturated heterocycles. The van der Waals surface area contributed by atoms with Crippen LogP contribution in [-0.2, 0) is 4.79 Å². The topological polar surface area (TPSA) is 76.8 Å². The standard InChI is InChI=1S/C16H25N3O2.C2H6/c1-2-14(18-12-17)19-9-7-16(8-10-19)5-3-13(4-6-16)11-15(20)21;1-2/h2,12-13,17H,1,3-11H2,(H,20,21);1-2H3. The lowest BCUT2D eigenvalue weighted by Gasteiger charge is -2.46. The summed E-state index contributed by atoms with van der Waals surface area (Å²) in [7, 11) is 0. The van der Waals surface area contributed by atoms with Crippen molar-refractivity contribution < 1.29 is 9.90 Å². The summed E-state index contributed by atoms with van der Waals surface area (Å²) in [5.74, 6) is 0.498. The van der Waals surface area contributed by atoms with Crippen molar-refractivity contribution in [1.82, 2.24) is 4.90 Å². The highest BCUT2D eigenvalue weighted by atomic mass is 16.4. The Kier molecular flexibility index (Phi) is 8.00. The second-order valence-corrected chi connectivity index (χ2v) is 6.35. The number of carbonyl (C=O) groups is 1. The second-order valence-electron chi connectivity index (χ2n) is 6.35. The maximum absolute atomic E-state index is 10.8. The molecule has 0 unspecified atom stereocenters. The minimum absolute atomic E-state index is 0.328. The molecular formula is C18H31N3O2. The Labute approximate surface area is 140 Å².